The first kappa shape index (κ1) is 26.2. The molecule has 0 radical (unpaired) electrons. The van der Waals surface area contributed by atoms with Gasteiger partial charge in [-0.25, -0.2) is 9.59 Å². The molecular formula is C32H47N3O3. The number of rotatable bonds is 4. The molecule has 3 aliphatic heterocycles. The van der Waals surface area contributed by atoms with Gasteiger partial charge in [-0.1, -0.05) is 44.9 Å². The molecule has 2 amide bonds. The normalized spacial score (nSPS) is 39.4. The maximum absolute atomic E-state index is 14.2. The number of carboxylic acids is 1. The highest BCUT2D eigenvalue weighted by Gasteiger charge is 2.48. The molecule has 4 bridgehead atoms. The first-order valence-electron chi connectivity index (χ1n) is 15.6. The topological polar surface area (TPSA) is 64.1 Å². The molecule has 38 heavy (non-hydrogen) atoms. The molecule has 3 heterocycles. The highest BCUT2D eigenvalue weighted by Crippen LogP contribution is 2.48. The minimum atomic E-state index is -0.877. The lowest BCUT2D eigenvalue weighted by molar-refractivity contribution is -0.141. The number of hydrogen-bond acceptors (Lipinski definition) is 3. The van der Waals surface area contributed by atoms with Crippen molar-refractivity contribution in [1.29, 1.82) is 0 Å². The summed E-state index contributed by atoms with van der Waals surface area (Å²) in [4.78, 5) is 32.8. The lowest BCUT2D eigenvalue weighted by atomic mass is 9.65. The molecule has 6 heteroatoms. The van der Waals surface area contributed by atoms with Crippen LogP contribution in [0.4, 0.5) is 10.5 Å². The van der Waals surface area contributed by atoms with E-state index in [4.69, 9.17) is 0 Å². The number of carbonyl (C=O) groups excluding carboxylic acids is 1. The van der Waals surface area contributed by atoms with E-state index in [-0.39, 0.29) is 12.1 Å². The number of aliphatic carboxylic acids is 1. The van der Waals surface area contributed by atoms with E-state index in [2.05, 4.69) is 18.7 Å². The number of amides is 2. The van der Waals surface area contributed by atoms with Crippen molar-refractivity contribution in [3.05, 3.63) is 30.3 Å². The van der Waals surface area contributed by atoms with Crippen LogP contribution >= 0.6 is 0 Å². The molecule has 0 spiro atoms. The van der Waals surface area contributed by atoms with Crippen molar-refractivity contribution < 1.29 is 14.7 Å². The Bertz CT molecular complexity index is 1000. The first-order chi connectivity index (χ1) is 18.4. The van der Waals surface area contributed by atoms with Crippen LogP contribution < -0.4 is 4.90 Å². The van der Waals surface area contributed by atoms with Crippen LogP contribution in [-0.4, -0.2) is 63.7 Å². The lowest BCUT2D eigenvalue weighted by Crippen LogP contribution is -2.58. The summed E-state index contributed by atoms with van der Waals surface area (Å²) in [7, 11) is 0. The fraction of sp³-hybridized carbons (Fsp3) is 0.750. The number of urea groups is 1. The molecule has 1 aromatic carbocycles. The maximum Gasteiger partial charge on any atom is 0.326 e. The molecule has 5 fully saturated rings. The number of benzene rings is 1. The summed E-state index contributed by atoms with van der Waals surface area (Å²) < 4.78 is 0. The highest BCUT2D eigenvalue weighted by atomic mass is 16.4. The van der Waals surface area contributed by atoms with E-state index in [1.54, 1.807) is 4.90 Å². The Balaban J connectivity index is 1.30. The Hall–Kier alpha value is -2.08. The minimum absolute atomic E-state index is 0.0972. The second-order valence-corrected chi connectivity index (χ2v) is 13.4. The molecule has 3 saturated heterocycles. The van der Waals surface area contributed by atoms with Crippen LogP contribution in [0.15, 0.2) is 30.3 Å². The van der Waals surface area contributed by atoms with Gasteiger partial charge in [0.15, 0.2) is 0 Å². The quantitative estimate of drug-likeness (QED) is 0.498. The minimum Gasteiger partial charge on any atom is -0.480 e. The molecule has 6 rings (SSSR count). The number of hydrogen-bond donors (Lipinski definition) is 1. The number of likely N-dealkylation sites (tertiary alicyclic amines) is 1. The first-order valence-corrected chi connectivity index (χ1v) is 15.6. The molecule has 9 atom stereocenters. The van der Waals surface area contributed by atoms with Gasteiger partial charge in [0.05, 0.1) is 0 Å². The summed E-state index contributed by atoms with van der Waals surface area (Å²) >= 11 is 0. The van der Waals surface area contributed by atoms with E-state index in [1.807, 2.05) is 35.2 Å². The SMILES string of the molecule is CC1CCC2CC1CC(N1C3CCC(C)C1CC(N(C(=O)N1CCCC1C(=O)O)c1ccccc1)CC3)C2. The monoisotopic (exact) mass is 521 g/mol. The summed E-state index contributed by atoms with van der Waals surface area (Å²) in [5.74, 6) is 2.39. The van der Waals surface area contributed by atoms with Gasteiger partial charge in [-0.15, -0.1) is 0 Å². The van der Waals surface area contributed by atoms with Crippen molar-refractivity contribution in [1.82, 2.24) is 9.80 Å². The van der Waals surface area contributed by atoms with Crippen LogP contribution in [0.2, 0.25) is 0 Å². The van der Waals surface area contributed by atoms with Gasteiger partial charge in [-0.2, -0.15) is 0 Å². The van der Waals surface area contributed by atoms with Crippen molar-refractivity contribution in [2.45, 2.75) is 121 Å². The molecule has 1 N–H and O–H groups in total. The van der Waals surface area contributed by atoms with Crippen molar-refractivity contribution in [3.8, 4) is 0 Å². The van der Waals surface area contributed by atoms with E-state index in [9.17, 15) is 14.7 Å². The number of piperidine rings is 1. The van der Waals surface area contributed by atoms with Crippen LogP contribution in [0.5, 0.6) is 0 Å². The average Bonchev–Trinajstić information content (AvgIpc) is 3.37. The van der Waals surface area contributed by atoms with Gasteiger partial charge in [0, 0.05) is 36.4 Å². The lowest BCUT2D eigenvalue weighted by Gasteiger charge is -2.53. The summed E-state index contributed by atoms with van der Waals surface area (Å²) in [6, 6.07) is 11.1. The predicted molar refractivity (Wildman–Crippen MR) is 150 cm³/mol. The van der Waals surface area contributed by atoms with Crippen LogP contribution in [0, 0.1) is 23.7 Å². The smallest absolute Gasteiger partial charge is 0.326 e. The van der Waals surface area contributed by atoms with Crippen molar-refractivity contribution >= 4 is 17.7 Å². The second-order valence-electron chi connectivity index (χ2n) is 13.4. The van der Waals surface area contributed by atoms with Gasteiger partial charge in [-0.3, -0.25) is 9.80 Å². The van der Waals surface area contributed by atoms with Crippen LogP contribution in [0.1, 0.15) is 90.9 Å². The molecule has 9 unspecified atom stereocenters. The number of fused-ring (bicyclic) bond motifs is 4. The summed E-state index contributed by atoms with van der Waals surface area (Å²) in [5, 5.41) is 9.84. The number of anilines is 1. The molecule has 1 aromatic rings. The van der Waals surface area contributed by atoms with E-state index in [0.717, 1.165) is 49.1 Å². The number of nitrogens with zero attached hydrogens (tertiary/aromatic N) is 3. The van der Waals surface area contributed by atoms with E-state index in [0.29, 0.717) is 37.0 Å². The molecule has 5 aliphatic rings. The zero-order valence-electron chi connectivity index (χ0n) is 23.4. The standard InChI is InChI=1S/C32H47N3O3/c1-21-10-12-23-17-24(21)19-28(18-23)34-26-13-11-22(2)30(34)20-27(15-14-26)35(25-7-4-3-5-8-25)32(38)33-16-6-9-29(33)31(36)37/h3-5,7-8,21-24,26-30H,6,9-20H2,1-2H3,(H,36,37). The zero-order valence-corrected chi connectivity index (χ0v) is 23.4. The molecule has 0 aromatic heterocycles. The van der Waals surface area contributed by atoms with Crippen LogP contribution in [-0.2, 0) is 4.79 Å². The maximum atomic E-state index is 14.2. The predicted octanol–water partition coefficient (Wildman–Crippen LogP) is 6.40. The Morgan fingerprint density at radius 2 is 1.61 bits per heavy atom. The van der Waals surface area contributed by atoms with E-state index in [1.165, 1.54) is 44.9 Å². The number of para-hydroxylation sites is 1. The summed E-state index contributed by atoms with van der Waals surface area (Å²) in [5.41, 5.74) is 0.912. The Morgan fingerprint density at radius 3 is 2.39 bits per heavy atom. The van der Waals surface area contributed by atoms with Gasteiger partial charge in [0.1, 0.15) is 6.04 Å². The van der Waals surface area contributed by atoms with Crippen LogP contribution in [0.3, 0.4) is 0 Å². The van der Waals surface area contributed by atoms with Crippen molar-refractivity contribution in [2.75, 3.05) is 11.4 Å². The van der Waals surface area contributed by atoms with Gasteiger partial charge < -0.3 is 10.0 Å². The average molecular weight is 522 g/mol. The Kier molecular flexibility index (Phi) is 7.45. The van der Waals surface area contributed by atoms with Gasteiger partial charge in [-0.05, 0) is 100 Å². The summed E-state index contributed by atoms with van der Waals surface area (Å²) in [6.45, 7) is 5.46. The fourth-order valence-corrected chi connectivity index (χ4v) is 9.18. The molecule has 6 nitrogen and oxygen atoms in total. The van der Waals surface area contributed by atoms with Gasteiger partial charge in [0.2, 0.25) is 0 Å². The molecule has 208 valence electrons. The largest absolute Gasteiger partial charge is 0.480 e. The third-order valence-electron chi connectivity index (χ3n) is 11.2. The molecule has 2 saturated carbocycles. The van der Waals surface area contributed by atoms with Crippen molar-refractivity contribution in [3.63, 3.8) is 0 Å². The number of carbonyl (C=O) groups is 2. The summed E-state index contributed by atoms with van der Waals surface area (Å²) in [6.07, 6.45) is 14.0. The van der Waals surface area contributed by atoms with Gasteiger partial charge >= 0.3 is 12.0 Å². The second kappa shape index (κ2) is 10.8. The Morgan fingerprint density at radius 1 is 0.842 bits per heavy atom. The van der Waals surface area contributed by atoms with Gasteiger partial charge in [0.25, 0.3) is 0 Å². The van der Waals surface area contributed by atoms with Crippen LogP contribution in [0.25, 0.3) is 0 Å². The van der Waals surface area contributed by atoms with E-state index < -0.39 is 12.0 Å². The third-order valence-corrected chi connectivity index (χ3v) is 11.2. The molecular weight excluding hydrogens is 474 g/mol. The third kappa shape index (κ3) is 4.87. The fourth-order valence-electron chi connectivity index (χ4n) is 9.18. The van der Waals surface area contributed by atoms with E-state index >= 15 is 0 Å². The zero-order chi connectivity index (χ0) is 26.4. The molecule has 2 aliphatic carbocycles. The highest BCUT2D eigenvalue weighted by molar-refractivity contribution is 5.95. The van der Waals surface area contributed by atoms with Crippen molar-refractivity contribution in [2.24, 2.45) is 23.7 Å². The number of carboxylic acid groups (broad SMARTS) is 1. The Labute approximate surface area is 228 Å².